The van der Waals surface area contributed by atoms with Gasteiger partial charge in [-0.2, -0.15) is 5.26 Å². The first-order valence-electron chi connectivity index (χ1n) is 6.73. The van der Waals surface area contributed by atoms with Crippen molar-refractivity contribution in [2.75, 3.05) is 44.7 Å². The second-order valence-corrected chi connectivity index (χ2v) is 5.48. The molecule has 1 aliphatic rings. The lowest BCUT2D eigenvalue weighted by Crippen LogP contribution is -2.42. The topological polar surface area (TPSA) is 60.3 Å². The van der Waals surface area contributed by atoms with Crippen molar-refractivity contribution >= 4 is 34.6 Å². The van der Waals surface area contributed by atoms with Gasteiger partial charge in [0, 0.05) is 31.2 Å². The van der Waals surface area contributed by atoms with Crippen LogP contribution in [0.25, 0.3) is 0 Å². The average molecular weight is 325 g/mol. The molecule has 2 rings (SSSR count). The highest BCUT2D eigenvalue weighted by Crippen LogP contribution is 2.20. The molecule has 0 amide bonds. The van der Waals surface area contributed by atoms with Crippen molar-refractivity contribution in [1.29, 1.82) is 5.26 Å². The van der Waals surface area contributed by atoms with Crippen molar-refractivity contribution in [3.8, 4) is 6.07 Å². The van der Waals surface area contributed by atoms with E-state index < -0.39 is 0 Å². The third-order valence-electron chi connectivity index (χ3n) is 3.17. The van der Waals surface area contributed by atoms with Crippen molar-refractivity contribution < 1.29 is 4.74 Å². The molecule has 2 N–H and O–H groups in total. The van der Waals surface area contributed by atoms with Gasteiger partial charge in [-0.05, 0) is 30.4 Å². The number of thiocarbonyl (C=S) groups is 1. The van der Waals surface area contributed by atoms with E-state index in [0.29, 0.717) is 21.4 Å². The van der Waals surface area contributed by atoms with E-state index in [-0.39, 0.29) is 0 Å². The highest BCUT2D eigenvalue weighted by Gasteiger charge is 2.10. The monoisotopic (exact) mass is 324 g/mol. The second kappa shape index (κ2) is 8.15. The number of nitrogens with one attached hydrogen (secondary N) is 2. The molecule has 21 heavy (non-hydrogen) atoms. The van der Waals surface area contributed by atoms with Crippen molar-refractivity contribution in [2.45, 2.75) is 0 Å². The maximum atomic E-state index is 9.05. The fourth-order valence-electron chi connectivity index (χ4n) is 2.04. The standard InChI is InChI=1S/C14H17ClN4OS/c15-12-2-1-11(10-16)13(9-12)18-14(21)17-3-4-19-5-7-20-8-6-19/h1-2,9H,3-8H2,(H2,17,18,21). The van der Waals surface area contributed by atoms with E-state index in [1.807, 2.05) is 0 Å². The van der Waals surface area contributed by atoms with E-state index >= 15 is 0 Å². The molecule has 1 heterocycles. The number of nitrogens with zero attached hydrogens (tertiary/aromatic N) is 2. The normalized spacial score (nSPS) is 15.2. The molecule has 0 aliphatic carbocycles. The smallest absolute Gasteiger partial charge is 0.170 e. The Morgan fingerprint density at radius 2 is 2.19 bits per heavy atom. The van der Waals surface area contributed by atoms with Crippen LogP contribution in [-0.4, -0.2) is 49.4 Å². The van der Waals surface area contributed by atoms with Gasteiger partial charge in [-0.1, -0.05) is 11.6 Å². The minimum atomic E-state index is 0.488. The first-order valence-corrected chi connectivity index (χ1v) is 7.52. The summed E-state index contributed by atoms with van der Waals surface area (Å²) >= 11 is 11.2. The van der Waals surface area contributed by atoms with Crippen molar-refractivity contribution in [3.63, 3.8) is 0 Å². The van der Waals surface area contributed by atoms with E-state index in [2.05, 4.69) is 21.6 Å². The summed E-state index contributed by atoms with van der Waals surface area (Å²) in [7, 11) is 0. The van der Waals surface area contributed by atoms with Gasteiger partial charge >= 0.3 is 0 Å². The Labute approximate surface area is 134 Å². The molecule has 0 radical (unpaired) electrons. The molecule has 5 nitrogen and oxygen atoms in total. The molecule has 0 saturated carbocycles. The number of halogens is 1. The van der Waals surface area contributed by atoms with Crippen molar-refractivity contribution in [1.82, 2.24) is 10.2 Å². The minimum Gasteiger partial charge on any atom is -0.379 e. The van der Waals surface area contributed by atoms with Crippen LogP contribution >= 0.6 is 23.8 Å². The number of hydrogen-bond acceptors (Lipinski definition) is 4. The van der Waals surface area contributed by atoms with Crippen LogP contribution in [0.2, 0.25) is 5.02 Å². The largest absolute Gasteiger partial charge is 0.379 e. The number of anilines is 1. The zero-order chi connectivity index (χ0) is 15.1. The van der Waals surface area contributed by atoms with Gasteiger partial charge in [-0.25, -0.2) is 0 Å². The Balaban J connectivity index is 1.79. The first-order chi connectivity index (χ1) is 10.2. The highest BCUT2D eigenvalue weighted by molar-refractivity contribution is 7.80. The third-order valence-corrected chi connectivity index (χ3v) is 3.65. The molecular weight excluding hydrogens is 308 g/mol. The third kappa shape index (κ3) is 5.14. The molecule has 7 heteroatoms. The number of hydrogen-bond donors (Lipinski definition) is 2. The molecule has 0 unspecified atom stereocenters. The Morgan fingerprint density at radius 3 is 2.90 bits per heavy atom. The molecule has 1 saturated heterocycles. The maximum absolute atomic E-state index is 9.05. The lowest BCUT2D eigenvalue weighted by molar-refractivity contribution is 0.0389. The van der Waals surface area contributed by atoms with Gasteiger partial charge in [0.1, 0.15) is 6.07 Å². The SMILES string of the molecule is N#Cc1ccc(Cl)cc1NC(=S)NCCN1CCOCC1. The van der Waals surface area contributed by atoms with E-state index in [1.165, 1.54) is 0 Å². The van der Waals surface area contributed by atoms with Crippen LogP contribution < -0.4 is 10.6 Å². The van der Waals surface area contributed by atoms with Gasteiger partial charge in [0.15, 0.2) is 5.11 Å². The van der Waals surface area contributed by atoms with Crippen LogP contribution in [0.5, 0.6) is 0 Å². The van der Waals surface area contributed by atoms with Gasteiger partial charge in [0.05, 0.1) is 24.5 Å². The first kappa shape index (κ1) is 16.0. The summed E-state index contributed by atoms with van der Waals surface area (Å²) in [5.41, 5.74) is 1.13. The zero-order valence-corrected chi connectivity index (χ0v) is 13.1. The summed E-state index contributed by atoms with van der Waals surface area (Å²) < 4.78 is 5.30. The van der Waals surface area contributed by atoms with Crippen LogP contribution in [0.15, 0.2) is 18.2 Å². The molecular formula is C14H17ClN4OS. The number of benzene rings is 1. The van der Waals surface area contributed by atoms with Crippen LogP contribution in [0.1, 0.15) is 5.56 Å². The molecule has 0 atom stereocenters. The van der Waals surface area contributed by atoms with Gasteiger partial charge in [-0.15, -0.1) is 0 Å². The number of ether oxygens (including phenoxy) is 1. The summed E-state index contributed by atoms with van der Waals surface area (Å²) in [6, 6.07) is 7.14. The molecule has 112 valence electrons. The minimum absolute atomic E-state index is 0.488. The summed E-state index contributed by atoms with van der Waals surface area (Å²) in [4.78, 5) is 2.32. The summed E-state index contributed by atoms with van der Waals surface area (Å²) in [6.07, 6.45) is 0. The average Bonchev–Trinajstić information content (AvgIpc) is 2.48. The maximum Gasteiger partial charge on any atom is 0.170 e. The highest BCUT2D eigenvalue weighted by atomic mass is 35.5. The lowest BCUT2D eigenvalue weighted by atomic mass is 10.2. The van der Waals surface area contributed by atoms with Crippen LogP contribution in [0, 0.1) is 11.3 Å². The Hall–Kier alpha value is -1.39. The van der Waals surface area contributed by atoms with Gasteiger partial charge in [0.25, 0.3) is 0 Å². The molecule has 0 spiro atoms. The summed E-state index contributed by atoms with van der Waals surface area (Å²) in [6.45, 7) is 5.14. The fraction of sp³-hybridized carbons (Fsp3) is 0.429. The van der Waals surface area contributed by atoms with Crippen molar-refractivity contribution in [3.05, 3.63) is 28.8 Å². The summed E-state index contributed by atoms with van der Waals surface area (Å²) in [5.74, 6) is 0. The van der Waals surface area contributed by atoms with Gasteiger partial charge in [0.2, 0.25) is 0 Å². The number of rotatable bonds is 4. The molecule has 1 fully saturated rings. The zero-order valence-electron chi connectivity index (χ0n) is 11.6. The fourth-order valence-corrected chi connectivity index (χ4v) is 2.42. The predicted octanol–water partition coefficient (Wildman–Crippen LogP) is 1.83. The summed E-state index contributed by atoms with van der Waals surface area (Å²) in [5, 5.41) is 16.2. The molecule has 1 aromatic carbocycles. The van der Waals surface area contributed by atoms with E-state index in [4.69, 9.17) is 33.8 Å². The van der Waals surface area contributed by atoms with Gasteiger partial charge < -0.3 is 15.4 Å². The number of nitriles is 1. The molecule has 0 bridgehead atoms. The lowest BCUT2D eigenvalue weighted by Gasteiger charge is -2.26. The number of morpholine rings is 1. The van der Waals surface area contributed by atoms with Crippen LogP contribution in [-0.2, 0) is 4.74 Å². The van der Waals surface area contributed by atoms with E-state index in [9.17, 15) is 0 Å². The predicted molar refractivity (Wildman–Crippen MR) is 87.6 cm³/mol. The Bertz CT molecular complexity index is 540. The van der Waals surface area contributed by atoms with E-state index in [0.717, 1.165) is 39.4 Å². The van der Waals surface area contributed by atoms with E-state index in [1.54, 1.807) is 18.2 Å². The van der Waals surface area contributed by atoms with Crippen LogP contribution in [0.4, 0.5) is 5.69 Å². The Morgan fingerprint density at radius 1 is 1.43 bits per heavy atom. The van der Waals surface area contributed by atoms with Gasteiger partial charge in [-0.3, -0.25) is 4.90 Å². The van der Waals surface area contributed by atoms with Crippen molar-refractivity contribution in [2.24, 2.45) is 0 Å². The molecule has 1 aromatic rings. The Kier molecular flexibility index (Phi) is 6.21. The van der Waals surface area contributed by atoms with Crippen LogP contribution in [0.3, 0.4) is 0 Å². The molecule has 1 aliphatic heterocycles. The molecule has 0 aromatic heterocycles. The quantitative estimate of drug-likeness (QED) is 0.824. The second-order valence-electron chi connectivity index (χ2n) is 4.64.